The number of amides is 1. The Morgan fingerprint density at radius 1 is 1.17 bits per heavy atom. The molecule has 0 bridgehead atoms. The number of rotatable bonds is 6. The highest BCUT2D eigenvalue weighted by atomic mass is 19.1. The van der Waals surface area contributed by atoms with Gasteiger partial charge in [-0.1, -0.05) is 6.07 Å². The third-order valence-corrected chi connectivity index (χ3v) is 5.07. The van der Waals surface area contributed by atoms with E-state index in [9.17, 15) is 19.1 Å². The van der Waals surface area contributed by atoms with Crippen LogP contribution in [0, 0.1) is 5.82 Å². The number of ether oxygens (including phenoxy) is 2. The molecule has 0 spiro atoms. The minimum atomic E-state index is -0.812. The molecule has 1 unspecified atom stereocenters. The number of β-amino-alcohol motifs (C(OH)–C–C–N with tert-alkyl or cyclic N) is 1. The van der Waals surface area contributed by atoms with Crippen LogP contribution in [-0.4, -0.2) is 42.8 Å². The van der Waals surface area contributed by atoms with E-state index in [2.05, 4.69) is 0 Å². The number of carbonyl (C=O) groups is 1. The second-order valence-corrected chi connectivity index (χ2v) is 6.78. The molecular formula is C22H20FNO6. The van der Waals surface area contributed by atoms with Crippen LogP contribution in [0.1, 0.15) is 34.6 Å². The average Bonchev–Trinajstić information content (AvgIpc) is 3.02. The van der Waals surface area contributed by atoms with Crippen LogP contribution >= 0.6 is 0 Å². The predicted molar refractivity (Wildman–Crippen MR) is 107 cm³/mol. The zero-order valence-corrected chi connectivity index (χ0v) is 16.5. The Hall–Kier alpha value is -3.39. The molecule has 0 radical (unpaired) electrons. The Bertz CT molecular complexity index is 1190. The van der Waals surface area contributed by atoms with Gasteiger partial charge >= 0.3 is 0 Å². The highest BCUT2D eigenvalue weighted by Gasteiger charge is 2.42. The molecule has 1 atom stereocenters. The summed E-state index contributed by atoms with van der Waals surface area (Å²) in [6, 6.07) is 7.86. The first-order valence-electron chi connectivity index (χ1n) is 9.49. The van der Waals surface area contributed by atoms with Crippen molar-refractivity contribution in [1.82, 2.24) is 4.90 Å². The quantitative estimate of drug-likeness (QED) is 0.669. The van der Waals surface area contributed by atoms with E-state index in [-0.39, 0.29) is 35.4 Å². The van der Waals surface area contributed by atoms with Crippen molar-refractivity contribution in [3.63, 3.8) is 0 Å². The van der Waals surface area contributed by atoms with Gasteiger partial charge in [0.2, 0.25) is 5.76 Å². The molecule has 0 saturated carbocycles. The van der Waals surface area contributed by atoms with Crippen LogP contribution in [0.4, 0.5) is 4.39 Å². The van der Waals surface area contributed by atoms with E-state index in [1.807, 2.05) is 6.92 Å². The second kappa shape index (κ2) is 7.79. The molecule has 0 saturated heterocycles. The van der Waals surface area contributed by atoms with E-state index < -0.39 is 23.2 Å². The Kier molecular flexibility index (Phi) is 5.17. The number of aliphatic hydroxyl groups excluding tert-OH is 1. The smallest absolute Gasteiger partial charge is 0.290 e. The standard InChI is InChI=1S/C22H20FNO6/c1-3-29-16-6-4-12(10-17(16)28-2)19-18-20(26)14-11-13(23)5-7-15(14)30-21(18)22(27)24(19)8-9-25/h4-7,10-11,19,25H,3,8-9H2,1-2H3. The van der Waals surface area contributed by atoms with Crippen LogP contribution in [-0.2, 0) is 0 Å². The number of benzene rings is 2. The molecule has 3 aromatic rings. The monoisotopic (exact) mass is 413 g/mol. The third-order valence-electron chi connectivity index (χ3n) is 5.07. The molecule has 30 heavy (non-hydrogen) atoms. The van der Waals surface area contributed by atoms with Gasteiger partial charge in [-0.3, -0.25) is 9.59 Å². The van der Waals surface area contributed by atoms with Crippen molar-refractivity contribution in [2.75, 3.05) is 26.9 Å². The van der Waals surface area contributed by atoms with Crippen LogP contribution < -0.4 is 14.9 Å². The Morgan fingerprint density at radius 3 is 2.67 bits per heavy atom. The summed E-state index contributed by atoms with van der Waals surface area (Å²) >= 11 is 0. The number of hydrogen-bond donors (Lipinski definition) is 1. The van der Waals surface area contributed by atoms with Crippen molar-refractivity contribution in [1.29, 1.82) is 0 Å². The molecule has 0 fully saturated rings. The lowest BCUT2D eigenvalue weighted by molar-refractivity contribution is 0.0691. The van der Waals surface area contributed by atoms with E-state index in [1.54, 1.807) is 18.2 Å². The van der Waals surface area contributed by atoms with Crippen molar-refractivity contribution < 1.29 is 28.2 Å². The van der Waals surface area contributed by atoms with Gasteiger partial charge in [-0.25, -0.2) is 4.39 Å². The second-order valence-electron chi connectivity index (χ2n) is 6.78. The highest BCUT2D eigenvalue weighted by molar-refractivity contribution is 5.99. The minimum Gasteiger partial charge on any atom is -0.493 e. The van der Waals surface area contributed by atoms with Gasteiger partial charge in [0.25, 0.3) is 5.91 Å². The van der Waals surface area contributed by atoms with E-state index in [1.165, 1.54) is 18.1 Å². The predicted octanol–water partition coefficient (Wildman–Crippen LogP) is 2.88. The van der Waals surface area contributed by atoms with Gasteiger partial charge in [-0.15, -0.1) is 0 Å². The number of hydrogen-bond acceptors (Lipinski definition) is 6. The van der Waals surface area contributed by atoms with E-state index in [4.69, 9.17) is 13.9 Å². The summed E-state index contributed by atoms with van der Waals surface area (Å²) in [6.45, 7) is 1.98. The SMILES string of the molecule is CCOc1ccc(C2c3c(oc4ccc(F)cc4c3=O)C(=O)N2CCO)cc1OC. The first kappa shape index (κ1) is 19.9. The maximum atomic E-state index is 13.8. The number of aliphatic hydroxyl groups is 1. The normalized spacial score (nSPS) is 15.5. The van der Waals surface area contributed by atoms with Crippen molar-refractivity contribution in [2.24, 2.45) is 0 Å². The number of halogens is 1. The zero-order chi connectivity index (χ0) is 21.4. The fourth-order valence-corrected chi connectivity index (χ4v) is 3.81. The molecule has 4 rings (SSSR count). The molecule has 7 nitrogen and oxygen atoms in total. The van der Waals surface area contributed by atoms with Crippen LogP contribution in [0.2, 0.25) is 0 Å². The molecular weight excluding hydrogens is 393 g/mol. The number of carbonyl (C=O) groups excluding carboxylic acids is 1. The summed E-state index contributed by atoms with van der Waals surface area (Å²) < 4.78 is 30.4. The summed E-state index contributed by atoms with van der Waals surface area (Å²) in [5.74, 6) is -0.235. The molecule has 2 heterocycles. The molecule has 1 aliphatic rings. The lowest BCUT2D eigenvalue weighted by atomic mass is 9.98. The van der Waals surface area contributed by atoms with E-state index in [0.717, 1.165) is 12.1 Å². The molecule has 1 aromatic heterocycles. The van der Waals surface area contributed by atoms with Crippen LogP contribution in [0.25, 0.3) is 11.0 Å². The van der Waals surface area contributed by atoms with E-state index in [0.29, 0.717) is 23.7 Å². The van der Waals surface area contributed by atoms with Crippen molar-refractivity contribution in [2.45, 2.75) is 13.0 Å². The number of nitrogens with zero attached hydrogens (tertiary/aromatic N) is 1. The molecule has 2 aromatic carbocycles. The molecule has 0 aliphatic carbocycles. The van der Waals surface area contributed by atoms with E-state index >= 15 is 0 Å². The lowest BCUT2D eigenvalue weighted by Gasteiger charge is -2.25. The number of fused-ring (bicyclic) bond motifs is 2. The Balaban J connectivity index is 1.95. The van der Waals surface area contributed by atoms with Crippen LogP contribution in [0.15, 0.2) is 45.6 Å². The lowest BCUT2D eigenvalue weighted by Crippen LogP contribution is -2.32. The van der Waals surface area contributed by atoms with Gasteiger partial charge < -0.3 is 23.9 Å². The largest absolute Gasteiger partial charge is 0.493 e. The van der Waals surface area contributed by atoms with Crippen molar-refractivity contribution >= 4 is 16.9 Å². The first-order valence-corrected chi connectivity index (χ1v) is 9.49. The topological polar surface area (TPSA) is 89.2 Å². The van der Waals surface area contributed by atoms with Gasteiger partial charge in [-0.05, 0) is 42.8 Å². The summed E-state index contributed by atoms with van der Waals surface area (Å²) in [5.41, 5.74) is 0.330. The summed E-state index contributed by atoms with van der Waals surface area (Å²) in [5, 5.41) is 9.55. The first-order chi connectivity index (χ1) is 14.5. The van der Waals surface area contributed by atoms with Gasteiger partial charge in [0.05, 0.1) is 37.3 Å². The fraction of sp³-hybridized carbons (Fsp3) is 0.273. The summed E-state index contributed by atoms with van der Waals surface area (Å²) in [4.78, 5) is 27.6. The third kappa shape index (κ3) is 3.09. The maximum Gasteiger partial charge on any atom is 0.290 e. The van der Waals surface area contributed by atoms with Crippen LogP contribution in [0.3, 0.4) is 0 Å². The molecule has 8 heteroatoms. The highest BCUT2D eigenvalue weighted by Crippen LogP contribution is 2.40. The van der Waals surface area contributed by atoms with Gasteiger partial charge in [-0.2, -0.15) is 0 Å². The summed E-state index contributed by atoms with van der Waals surface area (Å²) in [6.07, 6.45) is 0. The summed E-state index contributed by atoms with van der Waals surface area (Å²) in [7, 11) is 1.49. The maximum absolute atomic E-state index is 13.8. The number of methoxy groups -OCH3 is 1. The molecule has 1 amide bonds. The average molecular weight is 413 g/mol. The molecule has 156 valence electrons. The van der Waals surface area contributed by atoms with Crippen molar-refractivity contribution in [3.05, 3.63) is 69.3 Å². The fourth-order valence-electron chi connectivity index (χ4n) is 3.81. The molecule has 1 N–H and O–H groups in total. The Labute approximate surface area is 171 Å². The Morgan fingerprint density at radius 2 is 1.97 bits per heavy atom. The van der Waals surface area contributed by atoms with Gasteiger partial charge in [0, 0.05) is 6.54 Å². The minimum absolute atomic E-state index is 0.00657. The van der Waals surface area contributed by atoms with Crippen molar-refractivity contribution in [3.8, 4) is 11.5 Å². The van der Waals surface area contributed by atoms with Gasteiger partial charge in [0.15, 0.2) is 16.9 Å². The molecule has 1 aliphatic heterocycles. The van der Waals surface area contributed by atoms with Gasteiger partial charge in [0.1, 0.15) is 11.4 Å². The zero-order valence-electron chi connectivity index (χ0n) is 16.5. The van der Waals surface area contributed by atoms with Crippen LogP contribution in [0.5, 0.6) is 11.5 Å².